The summed E-state index contributed by atoms with van der Waals surface area (Å²) >= 11 is 0. The van der Waals surface area contributed by atoms with E-state index in [1.54, 1.807) is 0 Å². The molecule has 0 saturated carbocycles. The van der Waals surface area contributed by atoms with Crippen molar-refractivity contribution in [2.75, 3.05) is 24.7 Å². The van der Waals surface area contributed by atoms with Crippen LogP contribution >= 0.6 is 0 Å². The van der Waals surface area contributed by atoms with Crippen molar-refractivity contribution in [1.82, 2.24) is 10.3 Å². The summed E-state index contributed by atoms with van der Waals surface area (Å²) in [6.07, 6.45) is 1.53. The third-order valence-corrected chi connectivity index (χ3v) is 4.56. The highest BCUT2D eigenvalue weighted by molar-refractivity contribution is 5.65. The number of nitrogens with zero attached hydrogens (tertiary/aromatic N) is 2. The van der Waals surface area contributed by atoms with Crippen molar-refractivity contribution in [3.63, 3.8) is 0 Å². The lowest BCUT2D eigenvalue weighted by atomic mass is 9.92. The fraction of sp³-hybridized carbons (Fsp3) is 0.600. The summed E-state index contributed by atoms with van der Waals surface area (Å²) in [6, 6.07) is 3.77. The SMILES string of the molecule is N[C@H]1CCc2nc(N3CC(CF)C(NC(=O)O)C3)ccc2C1. The molecule has 0 aromatic carbocycles. The van der Waals surface area contributed by atoms with Gasteiger partial charge in [-0.1, -0.05) is 6.07 Å². The molecule has 3 atom stereocenters. The fourth-order valence-corrected chi connectivity index (χ4v) is 3.34. The number of pyridine rings is 1. The van der Waals surface area contributed by atoms with Crippen molar-refractivity contribution < 1.29 is 14.3 Å². The van der Waals surface area contributed by atoms with Gasteiger partial charge in [0.15, 0.2) is 0 Å². The molecule has 0 spiro atoms. The molecule has 1 aliphatic heterocycles. The molecule has 2 heterocycles. The maximum atomic E-state index is 13.1. The quantitative estimate of drug-likeness (QED) is 0.773. The number of rotatable bonds is 3. The van der Waals surface area contributed by atoms with Gasteiger partial charge in [0.2, 0.25) is 0 Å². The van der Waals surface area contributed by atoms with Gasteiger partial charge < -0.3 is 21.1 Å². The van der Waals surface area contributed by atoms with Crippen molar-refractivity contribution in [1.29, 1.82) is 0 Å². The number of fused-ring (bicyclic) bond motifs is 1. The number of amides is 1. The largest absolute Gasteiger partial charge is 0.465 e. The number of nitrogens with one attached hydrogen (secondary N) is 1. The van der Waals surface area contributed by atoms with Crippen molar-refractivity contribution in [3.05, 3.63) is 23.4 Å². The Morgan fingerprint density at radius 3 is 3.05 bits per heavy atom. The molecular formula is C15H21FN4O2. The first-order chi connectivity index (χ1) is 10.6. The summed E-state index contributed by atoms with van der Waals surface area (Å²) in [5.74, 6) is 0.463. The number of halogens is 1. The number of hydrogen-bond acceptors (Lipinski definition) is 4. The molecule has 1 fully saturated rings. The van der Waals surface area contributed by atoms with Gasteiger partial charge in [-0.3, -0.25) is 4.39 Å². The van der Waals surface area contributed by atoms with Gasteiger partial charge in [0.05, 0.1) is 12.7 Å². The molecule has 1 aromatic heterocycles. The molecule has 120 valence electrons. The summed E-state index contributed by atoms with van der Waals surface area (Å²) in [5, 5.41) is 11.2. The molecule has 2 aliphatic rings. The van der Waals surface area contributed by atoms with E-state index in [9.17, 15) is 9.18 Å². The van der Waals surface area contributed by atoms with E-state index in [4.69, 9.17) is 10.8 Å². The number of carbonyl (C=O) groups is 1. The molecule has 0 radical (unpaired) electrons. The Kier molecular flexibility index (Phi) is 4.15. The van der Waals surface area contributed by atoms with Gasteiger partial charge in [-0.25, -0.2) is 9.78 Å². The lowest BCUT2D eigenvalue weighted by Crippen LogP contribution is -2.40. The summed E-state index contributed by atoms with van der Waals surface area (Å²) < 4.78 is 13.1. The number of carboxylic acid groups (broad SMARTS) is 1. The topological polar surface area (TPSA) is 91.5 Å². The lowest BCUT2D eigenvalue weighted by molar-refractivity contribution is 0.186. The van der Waals surface area contributed by atoms with Crippen LogP contribution in [-0.2, 0) is 12.8 Å². The second kappa shape index (κ2) is 6.08. The van der Waals surface area contributed by atoms with E-state index >= 15 is 0 Å². The number of anilines is 1. The Hall–Kier alpha value is -1.89. The van der Waals surface area contributed by atoms with Gasteiger partial charge in [0.25, 0.3) is 0 Å². The zero-order valence-corrected chi connectivity index (χ0v) is 12.3. The minimum atomic E-state index is -1.11. The van der Waals surface area contributed by atoms with Gasteiger partial charge in [-0.05, 0) is 30.9 Å². The average molecular weight is 308 g/mol. The van der Waals surface area contributed by atoms with Crippen LogP contribution in [0.2, 0.25) is 0 Å². The first kappa shape index (κ1) is 15.0. The number of alkyl halides is 1. The minimum Gasteiger partial charge on any atom is -0.465 e. The van der Waals surface area contributed by atoms with Gasteiger partial charge in [0, 0.05) is 30.7 Å². The lowest BCUT2D eigenvalue weighted by Gasteiger charge is -2.24. The number of nitrogens with two attached hydrogens (primary N) is 1. The Balaban J connectivity index is 1.76. The minimum absolute atomic E-state index is 0.201. The average Bonchev–Trinajstić information content (AvgIpc) is 2.89. The van der Waals surface area contributed by atoms with Gasteiger partial charge in [-0.2, -0.15) is 0 Å². The Morgan fingerprint density at radius 1 is 1.50 bits per heavy atom. The van der Waals surface area contributed by atoms with Crippen molar-refractivity contribution in [3.8, 4) is 0 Å². The molecule has 2 unspecified atom stereocenters. The second-order valence-electron chi connectivity index (χ2n) is 6.15. The molecule has 3 rings (SSSR count). The maximum Gasteiger partial charge on any atom is 0.404 e. The molecule has 1 saturated heterocycles. The molecule has 22 heavy (non-hydrogen) atoms. The van der Waals surface area contributed by atoms with Crippen LogP contribution in [0.15, 0.2) is 12.1 Å². The molecule has 6 nitrogen and oxygen atoms in total. The van der Waals surface area contributed by atoms with E-state index in [1.807, 2.05) is 17.0 Å². The van der Waals surface area contributed by atoms with E-state index in [2.05, 4.69) is 10.3 Å². The van der Waals surface area contributed by atoms with Gasteiger partial charge in [0.1, 0.15) is 5.82 Å². The van der Waals surface area contributed by atoms with Crippen LogP contribution in [0.4, 0.5) is 15.0 Å². The van der Waals surface area contributed by atoms with Crippen molar-refractivity contribution in [2.45, 2.75) is 31.3 Å². The van der Waals surface area contributed by atoms with E-state index < -0.39 is 18.8 Å². The van der Waals surface area contributed by atoms with Crippen LogP contribution < -0.4 is 16.0 Å². The third kappa shape index (κ3) is 2.99. The predicted molar refractivity (Wildman–Crippen MR) is 80.9 cm³/mol. The monoisotopic (exact) mass is 308 g/mol. The van der Waals surface area contributed by atoms with Gasteiger partial charge in [-0.15, -0.1) is 0 Å². The second-order valence-corrected chi connectivity index (χ2v) is 6.15. The van der Waals surface area contributed by atoms with Crippen molar-refractivity contribution >= 4 is 11.9 Å². The zero-order chi connectivity index (χ0) is 15.7. The van der Waals surface area contributed by atoms with Crippen LogP contribution in [0.5, 0.6) is 0 Å². The predicted octanol–water partition coefficient (Wildman–Crippen LogP) is 0.940. The van der Waals surface area contributed by atoms with Crippen molar-refractivity contribution in [2.24, 2.45) is 11.7 Å². The van der Waals surface area contributed by atoms with Crippen LogP contribution in [0.1, 0.15) is 17.7 Å². The molecule has 1 aromatic rings. The van der Waals surface area contributed by atoms with E-state index in [0.29, 0.717) is 13.1 Å². The highest BCUT2D eigenvalue weighted by Gasteiger charge is 2.34. The summed E-state index contributed by atoms with van der Waals surface area (Å²) in [5.41, 5.74) is 8.21. The van der Waals surface area contributed by atoms with E-state index in [-0.39, 0.29) is 12.0 Å². The smallest absolute Gasteiger partial charge is 0.404 e. The summed E-state index contributed by atoms with van der Waals surface area (Å²) in [4.78, 5) is 17.4. The summed E-state index contributed by atoms with van der Waals surface area (Å²) in [6.45, 7) is 0.389. The normalized spacial score (nSPS) is 27.5. The first-order valence-electron chi connectivity index (χ1n) is 7.61. The summed E-state index contributed by atoms with van der Waals surface area (Å²) in [7, 11) is 0. The Morgan fingerprint density at radius 2 is 2.32 bits per heavy atom. The Labute approximate surface area is 128 Å². The van der Waals surface area contributed by atoms with Crippen LogP contribution in [0.3, 0.4) is 0 Å². The number of aromatic nitrogens is 1. The molecule has 1 amide bonds. The number of hydrogen-bond donors (Lipinski definition) is 3. The standard InChI is InChI=1S/C15H21FN4O2/c16-6-10-7-20(8-13(10)19-15(21)22)14-4-1-9-5-11(17)2-3-12(9)18-14/h1,4,10-11,13,19H,2-3,5-8,17H2,(H,21,22)/t10?,11-,13?/m0/s1. The molecule has 7 heteroatoms. The van der Waals surface area contributed by atoms with Crippen LogP contribution in [0.25, 0.3) is 0 Å². The van der Waals surface area contributed by atoms with Gasteiger partial charge >= 0.3 is 6.09 Å². The highest BCUT2D eigenvalue weighted by Crippen LogP contribution is 2.26. The van der Waals surface area contributed by atoms with Crippen LogP contribution in [-0.4, -0.2) is 48.0 Å². The highest BCUT2D eigenvalue weighted by atomic mass is 19.1. The fourth-order valence-electron chi connectivity index (χ4n) is 3.34. The molecule has 1 aliphatic carbocycles. The molecular weight excluding hydrogens is 287 g/mol. The Bertz CT molecular complexity index is 568. The van der Waals surface area contributed by atoms with E-state index in [1.165, 1.54) is 5.56 Å². The third-order valence-electron chi connectivity index (χ3n) is 4.56. The number of aryl methyl sites for hydroxylation is 1. The molecule has 4 N–H and O–H groups in total. The van der Waals surface area contributed by atoms with Crippen LogP contribution in [0, 0.1) is 5.92 Å². The zero-order valence-electron chi connectivity index (χ0n) is 12.3. The van der Waals surface area contributed by atoms with E-state index in [0.717, 1.165) is 30.8 Å². The first-order valence-corrected chi connectivity index (χ1v) is 7.61. The molecule has 0 bridgehead atoms. The maximum absolute atomic E-state index is 13.1.